The number of amides is 1. The average molecular weight is 508 g/mol. The minimum absolute atomic E-state index is 0.177. The van der Waals surface area contributed by atoms with Gasteiger partial charge >= 0.3 is 13.8 Å². The Bertz CT molecular complexity index is 553. The van der Waals surface area contributed by atoms with Gasteiger partial charge in [-0.2, -0.15) is 0 Å². The number of unbranched alkanes of at least 4 members (excludes halogenated alkanes) is 14. The summed E-state index contributed by atoms with van der Waals surface area (Å²) in [6.07, 6.45) is 20.0. The topological polar surface area (TPSA) is 122 Å². The molecule has 0 rings (SSSR count). The molecule has 0 bridgehead atoms. The molecule has 8 nitrogen and oxygen atoms in total. The first kappa shape index (κ1) is 33.0. The quantitative estimate of drug-likeness (QED) is 0.0809. The second-order valence-electron chi connectivity index (χ2n) is 9.18. The Morgan fingerprint density at radius 1 is 0.706 bits per heavy atom. The third-order valence-corrected chi connectivity index (χ3v) is 6.20. The van der Waals surface area contributed by atoms with Gasteiger partial charge in [0.15, 0.2) is 0 Å². The molecule has 0 saturated carbocycles. The van der Waals surface area contributed by atoms with E-state index in [-0.39, 0.29) is 18.9 Å². The van der Waals surface area contributed by atoms with Crippen LogP contribution in [0.4, 0.5) is 0 Å². The normalized spacial score (nSPS) is 12.5. The van der Waals surface area contributed by atoms with E-state index >= 15 is 0 Å². The van der Waals surface area contributed by atoms with Crippen LogP contribution < -0.4 is 5.32 Å². The fourth-order valence-electron chi connectivity index (χ4n) is 3.75. The highest BCUT2D eigenvalue weighted by Crippen LogP contribution is 2.35. The fraction of sp³-hybridized carbons (Fsp3) is 0.920. The lowest BCUT2D eigenvalue weighted by Gasteiger charge is -2.19. The number of carbonyl (C=O) groups is 2. The van der Waals surface area contributed by atoms with E-state index in [1.807, 2.05) is 6.92 Å². The van der Waals surface area contributed by atoms with Crippen molar-refractivity contribution in [1.82, 2.24) is 5.32 Å². The molecule has 0 unspecified atom stereocenters. The van der Waals surface area contributed by atoms with Gasteiger partial charge < -0.3 is 19.8 Å². The Hall–Kier alpha value is -0.950. The zero-order valence-corrected chi connectivity index (χ0v) is 22.5. The third-order valence-electron chi connectivity index (χ3n) is 5.72. The van der Waals surface area contributed by atoms with Crippen molar-refractivity contribution in [3.63, 3.8) is 0 Å². The number of esters is 1. The summed E-state index contributed by atoms with van der Waals surface area (Å²) in [4.78, 5) is 41.5. The molecule has 0 aliphatic carbocycles. The van der Waals surface area contributed by atoms with Gasteiger partial charge in [0.25, 0.3) is 0 Å². The monoisotopic (exact) mass is 507 g/mol. The zero-order valence-electron chi connectivity index (χ0n) is 21.6. The molecule has 1 amide bonds. The van der Waals surface area contributed by atoms with Crippen molar-refractivity contribution in [3.8, 4) is 0 Å². The van der Waals surface area contributed by atoms with Gasteiger partial charge in [-0.05, 0) is 12.8 Å². The molecule has 0 spiro atoms. The number of rotatable bonds is 24. The van der Waals surface area contributed by atoms with Crippen LogP contribution in [0.15, 0.2) is 0 Å². The number of hydrogen-bond donors (Lipinski definition) is 3. The predicted molar refractivity (Wildman–Crippen MR) is 135 cm³/mol. The molecule has 202 valence electrons. The van der Waals surface area contributed by atoms with Crippen LogP contribution in [0.2, 0.25) is 0 Å². The van der Waals surface area contributed by atoms with Crippen LogP contribution in [-0.4, -0.2) is 40.9 Å². The van der Waals surface area contributed by atoms with Gasteiger partial charge in [-0.3, -0.25) is 14.1 Å². The highest BCUT2D eigenvalue weighted by Gasteiger charge is 2.21. The van der Waals surface area contributed by atoms with Gasteiger partial charge in [0.05, 0.1) is 12.6 Å². The van der Waals surface area contributed by atoms with Crippen molar-refractivity contribution >= 4 is 19.7 Å². The summed E-state index contributed by atoms with van der Waals surface area (Å²) < 4.78 is 20.5. The lowest BCUT2D eigenvalue weighted by atomic mass is 10.0. The molecule has 0 aromatic rings. The molecule has 0 heterocycles. The highest BCUT2D eigenvalue weighted by molar-refractivity contribution is 7.46. The number of phosphoric acid groups is 1. The van der Waals surface area contributed by atoms with Crippen LogP contribution in [0.5, 0.6) is 0 Å². The maximum atomic E-state index is 12.2. The molecular weight excluding hydrogens is 457 g/mol. The standard InChI is InChI=1S/C25H50NO7P/c1-3-5-6-7-8-9-10-11-12-13-14-15-16-17-18-20-24(27)26-23(22-33-34(29,30)31)21-32-25(28)19-4-2/h23H,3-22H2,1-2H3,(H,26,27)(H2,29,30,31)/t23-/m0/s1. The van der Waals surface area contributed by atoms with Gasteiger partial charge in [0.2, 0.25) is 5.91 Å². The molecule has 3 N–H and O–H groups in total. The Kier molecular flexibility index (Phi) is 21.9. The van der Waals surface area contributed by atoms with Gasteiger partial charge in [0, 0.05) is 12.8 Å². The summed E-state index contributed by atoms with van der Waals surface area (Å²) in [5.74, 6) is -0.652. The Morgan fingerprint density at radius 3 is 1.62 bits per heavy atom. The molecule has 0 aromatic carbocycles. The SMILES string of the molecule is CCCCCCCCCCCCCCCCCC(=O)N[C@@H](COC(=O)CCC)COP(=O)(O)O. The average Bonchev–Trinajstić information content (AvgIpc) is 2.78. The fourth-order valence-corrected chi connectivity index (χ4v) is 4.12. The maximum Gasteiger partial charge on any atom is 0.469 e. The van der Waals surface area contributed by atoms with Crippen molar-refractivity contribution in [2.24, 2.45) is 0 Å². The lowest BCUT2D eigenvalue weighted by Crippen LogP contribution is -2.41. The van der Waals surface area contributed by atoms with Crippen LogP contribution in [0.1, 0.15) is 129 Å². The Labute approximate surface area is 207 Å². The first-order valence-corrected chi connectivity index (χ1v) is 15.0. The van der Waals surface area contributed by atoms with E-state index in [2.05, 4.69) is 16.8 Å². The van der Waals surface area contributed by atoms with Crippen molar-refractivity contribution in [1.29, 1.82) is 0 Å². The third kappa shape index (κ3) is 24.2. The molecule has 0 aliphatic heterocycles. The molecule has 0 radical (unpaired) electrons. The number of ether oxygens (including phenoxy) is 1. The largest absolute Gasteiger partial charge is 0.469 e. The first-order chi connectivity index (χ1) is 16.3. The minimum atomic E-state index is -4.67. The van der Waals surface area contributed by atoms with E-state index in [0.29, 0.717) is 12.8 Å². The van der Waals surface area contributed by atoms with E-state index in [0.717, 1.165) is 19.3 Å². The van der Waals surface area contributed by atoms with E-state index in [1.54, 1.807) is 0 Å². The van der Waals surface area contributed by atoms with E-state index in [9.17, 15) is 14.2 Å². The second-order valence-corrected chi connectivity index (χ2v) is 10.4. The van der Waals surface area contributed by atoms with Crippen LogP contribution in [0.25, 0.3) is 0 Å². The maximum absolute atomic E-state index is 12.2. The molecule has 9 heteroatoms. The van der Waals surface area contributed by atoms with Gasteiger partial charge in [0.1, 0.15) is 6.61 Å². The molecular formula is C25H50NO7P. The van der Waals surface area contributed by atoms with Gasteiger partial charge in [-0.15, -0.1) is 0 Å². The summed E-state index contributed by atoms with van der Waals surface area (Å²) in [7, 11) is -4.67. The van der Waals surface area contributed by atoms with E-state index < -0.39 is 26.4 Å². The minimum Gasteiger partial charge on any atom is -0.463 e. The smallest absolute Gasteiger partial charge is 0.463 e. The predicted octanol–water partition coefficient (Wildman–Crippen LogP) is 6.19. The van der Waals surface area contributed by atoms with Crippen molar-refractivity contribution in [2.75, 3.05) is 13.2 Å². The number of phosphoric ester groups is 1. The van der Waals surface area contributed by atoms with Crippen molar-refractivity contribution in [3.05, 3.63) is 0 Å². The molecule has 0 aliphatic rings. The highest BCUT2D eigenvalue weighted by atomic mass is 31.2. The second kappa shape index (κ2) is 22.5. The van der Waals surface area contributed by atoms with Crippen LogP contribution >= 0.6 is 7.82 Å². The Balaban J connectivity index is 3.79. The number of nitrogens with one attached hydrogen (secondary N) is 1. The number of carbonyl (C=O) groups excluding carboxylic acids is 2. The molecule has 0 saturated heterocycles. The zero-order chi connectivity index (χ0) is 25.5. The van der Waals surface area contributed by atoms with Crippen LogP contribution in [0.3, 0.4) is 0 Å². The number of hydrogen-bond acceptors (Lipinski definition) is 5. The molecule has 1 atom stereocenters. The first-order valence-electron chi connectivity index (χ1n) is 13.4. The Morgan fingerprint density at radius 2 is 1.18 bits per heavy atom. The van der Waals surface area contributed by atoms with Crippen molar-refractivity contribution < 1.29 is 33.2 Å². The summed E-state index contributed by atoms with van der Waals surface area (Å²) in [5, 5.41) is 2.65. The molecule has 0 fully saturated rings. The van der Waals surface area contributed by atoms with Crippen LogP contribution in [-0.2, 0) is 23.4 Å². The molecule has 34 heavy (non-hydrogen) atoms. The van der Waals surface area contributed by atoms with E-state index in [1.165, 1.54) is 77.0 Å². The summed E-state index contributed by atoms with van der Waals surface area (Å²) in [6, 6.07) is -0.794. The summed E-state index contributed by atoms with van der Waals surface area (Å²) >= 11 is 0. The summed E-state index contributed by atoms with van der Waals surface area (Å²) in [6.45, 7) is 3.49. The summed E-state index contributed by atoms with van der Waals surface area (Å²) in [5.41, 5.74) is 0. The van der Waals surface area contributed by atoms with Crippen LogP contribution in [0, 0.1) is 0 Å². The molecule has 0 aromatic heterocycles. The van der Waals surface area contributed by atoms with E-state index in [4.69, 9.17) is 14.5 Å². The van der Waals surface area contributed by atoms with Gasteiger partial charge in [-0.1, -0.05) is 104 Å². The van der Waals surface area contributed by atoms with Gasteiger partial charge in [-0.25, -0.2) is 4.57 Å². The lowest BCUT2D eigenvalue weighted by molar-refractivity contribution is -0.145. The van der Waals surface area contributed by atoms with Crippen molar-refractivity contribution in [2.45, 2.75) is 135 Å².